The summed E-state index contributed by atoms with van der Waals surface area (Å²) >= 11 is 0. The lowest BCUT2D eigenvalue weighted by Crippen LogP contribution is -2.12. The Morgan fingerprint density at radius 3 is 1.62 bits per heavy atom. The summed E-state index contributed by atoms with van der Waals surface area (Å²) in [5.74, 6) is 0. The Morgan fingerprint density at radius 1 is 0.846 bits per heavy atom. The quantitative estimate of drug-likeness (QED) is 0.519. The van der Waals surface area contributed by atoms with E-state index in [1.54, 1.807) is 21.3 Å². The van der Waals surface area contributed by atoms with E-state index in [2.05, 4.69) is 0 Å². The smallest absolute Gasteiger partial charge is 0.0573 e. The van der Waals surface area contributed by atoms with Crippen LogP contribution in [0.25, 0.3) is 0 Å². The highest BCUT2D eigenvalue weighted by molar-refractivity contribution is 4.57. The molecular formula is C10H22O3. The van der Waals surface area contributed by atoms with Gasteiger partial charge in [0.1, 0.15) is 0 Å². The van der Waals surface area contributed by atoms with Gasteiger partial charge in [0.2, 0.25) is 0 Å². The zero-order valence-corrected chi connectivity index (χ0v) is 9.04. The van der Waals surface area contributed by atoms with Crippen molar-refractivity contribution in [2.45, 2.75) is 31.8 Å². The maximum Gasteiger partial charge on any atom is 0.0573 e. The Morgan fingerprint density at radius 2 is 1.31 bits per heavy atom. The van der Waals surface area contributed by atoms with Crippen LogP contribution in [0.2, 0.25) is 0 Å². The van der Waals surface area contributed by atoms with E-state index in [0.717, 1.165) is 38.9 Å². The summed E-state index contributed by atoms with van der Waals surface area (Å²) in [4.78, 5) is 0. The first-order valence-corrected chi connectivity index (χ1v) is 4.85. The van der Waals surface area contributed by atoms with E-state index in [-0.39, 0.29) is 0 Å². The molecule has 0 radical (unpaired) electrons. The predicted octanol–water partition coefficient (Wildman–Crippen LogP) is 1.85. The minimum atomic E-state index is 0.366. The number of hydrogen-bond donors (Lipinski definition) is 0. The molecule has 0 heterocycles. The molecule has 0 fully saturated rings. The molecule has 0 N–H and O–H groups in total. The fourth-order valence-corrected chi connectivity index (χ4v) is 1.29. The molecule has 0 aliphatic heterocycles. The van der Waals surface area contributed by atoms with Crippen molar-refractivity contribution >= 4 is 0 Å². The maximum absolute atomic E-state index is 5.33. The van der Waals surface area contributed by atoms with Crippen LogP contribution >= 0.6 is 0 Å². The molecule has 0 atom stereocenters. The molecule has 0 spiro atoms. The lowest BCUT2D eigenvalue weighted by molar-refractivity contribution is 0.0678. The molecule has 0 unspecified atom stereocenters. The van der Waals surface area contributed by atoms with E-state index < -0.39 is 0 Å². The van der Waals surface area contributed by atoms with Crippen molar-refractivity contribution in [3.05, 3.63) is 0 Å². The predicted molar refractivity (Wildman–Crippen MR) is 53.0 cm³/mol. The van der Waals surface area contributed by atoms with Crippen LogP contribution in [0.5, 0.6) is 0 Å². The summed E-state index contributed by atoms with van der Waals surface area (Å²) < 4.78 is 15.3. The largest absolute Gasteiger partial charge is 0.385 e. The highest BCUT2D eigenvalue weighted by Gasteiger charge is 2.05. The third-order valence-electron chi connectivity index (χ3n) is 2.08. The second-order valence-electron chi connectivity index (χ2n) is 3.13. The highest BCUT2D eigenvalue weighted by Crippen LogP contribution is 2.08. The van der Waals surface area contributed by atoms with Crippen molar-refractivity contribution in [1.29, 1.82) is 0 Å². The van der Waals surface area contributed by atoms with Gasteiger partial charge in [0.05, 0.1) is 6.10 Å². The van der Waals surface area contributed by atoms with Crippen LogP contribution in [-0.2, 0) is 14.2 Å². The van der Waals surface area contributed by atoms with Gasteiger partial charge >= 0.3 is 0 Å². The van der Waals surface area contributed by atoms with Crippen LogP contribution in [0.1, 0.15) is 25.7 Å². The minimum absolute atomic E-state index is 0.366. The van der Waals surface area contributed by atoms with Gasteiger partial charge in [-0.1, -0.05) is 0 Å². The monoisotopic (exact) mass is 190 g/mol. The Balaban J connectivity index is 3.28. The molecule has 0 aliphatic carbocycles. The standard InChI is InChI=1S/C10H22O3/c1-11-8-4-6-10(13-3)7-5-9-12-2/h10H,4-9H2,1-3H3. The van der Waals surface area contributed by atoms with Crippen molar-refractivity contribution in [2.75, 3.05) is 34.5 Å². The van der Waals surface area contributed by atoms with Crippen LogP contribution in [-0.4, -0.2) is 40.6 Å². The number of rotatable bonds is 9. The average molecular weight is 190 g/mol. The topological polar surface area (TPSA) is 27.7 Å². The lowest BCUT2D eigenvalue weighted by Gasteiger charge is -2.14. The van der Waals surface area contributed by atoms with Crippen LogP contribution < -0.4 is 0 Å². The summed E-state index contributed by atoms with van der Waals surface area (Å²) in [5, 5.41) is 0. The molecule has 0 aromatic carbocycles. The van der Waals surface area contributed by atoms with Crippen molar-refractivity contribution in [2.24, 2.45) is 0 Å². The molecule has 0 aromatic heterocycles. The molecule has 3 heteroatoms. The molecule has 3 nitrogen and oxygen atoms in total. The van der Waals surface area contributed by atoms with Gasteiger partial charge in [0, 0.05) is 34.5 Å². The van der Waals surface area contributed by atoms with Crippen LogP contribution in [0.3, 0.4) is 0 Å². The van der Waals surface area contributed by atoms with Gasteiger partial charge in [-0.2, -0.15) is 0 Å². The van der Waals surface area contributed by atoms with Gasteiger partial charge in [-0.05, 0) is 25.7 Å². The number of methoxy groups -OCH3 is 3. The van der Waals surface area contributed by atoms with E-state index in [0.29, 0.717) is 6.10 Å². The Kier molecular flexibility index (Phi) is 9.87. The molecule has 80 valence electrons. The molecule has 0 rings (SSSR count). The van der Waals surface area contributed by atoms with Gasteiger partial charge in [-0.3, -0.25) is 0 Å². The number of hydrogen-bond acceptors (Lipinski definition) is 3. The van der Waals surface area contributed by atoms with E-state index >= 15 is 0 Å². The summed E-state index contributed by atoms with van der Waals surface area (Å²) in [6, 6.07) is 0. The molecular weight excluding hydrogens is 168 g/mol. The fourth-order valence-electron chi connectivity index (χ4n) is 1.29. The molecule has 0 saturated heterocycles. The zero-order valence-electron chi connectivity index (χ0n) is 9.04. The second-order valence-corrected chi connectivity index (χ2v) is 3.13. The molecule has 13 heavy (non-hydrogen) atoms. The first-order valence-electron chi connectivity index (χ1n) is 4.85. The lowest BCUT2D eigenvalue weighted by atomic mass is 10.1. The molecule has 0 aliphatic rings. The van der Waals surface area contributed by atoms with Gasteiger partial charge in [-0.15, -0.1) is 0 Å². The fraction of sp³-hybridized carbons (Fsp3) is 1.00. The molecule has 0 bridgehead atoms. The molecule has 0 aromatic rings. The van der Waals surface area contributed by atoms with E-state index in [1.165, 1.54) is 0 Å². The van der Waals surface area contributed by atoms with Crippen molar-refractivity contribution < 1.29 is 14.2 Å². The third kappa shape index (κ3) is 8.22. The van der Waals surface area contributed by atoms with Crippen LogP contribution in [0.4, 0.5) is 0 Å². The summed E-state index contributed by atoms with van der Waals surface area (Å²) in [7, 11) is 5.23. The Hall–Kier alpha value is -0.120. The Labute approximate surface area is 81.4 Å². The van der Waals surface area contributed by atoms with Gasteiger partial charge in [-0.25, -0.2) is 0 Å². The highest BCUT2D eigenvalue weighted by atomic mass is 16.5. The third-order valence-corrected chi connectivity index (χ3v) is 2.08. The summed E-state index contributed by atoms with van der Waals surface area (Å²) in [5.41, 5.74) is 0. The second kappa shape index (κ2) is 9.96. The van der Waals surface area contributed by atoms with E-state index in [4.69, 9.17) is 14.2 Å². The van der Waals surface area contributed by atoms with E-state index in [1.807, 2.05) is 0 Å². The van der Waals surface area contributed by atoms with Crippen molar-refractivity contribution in [3.63, 3.8) is 0 Å². The van der Waals surface area contributed by atoms with Crippen molar-refractivity contribution in [3.8, 4) is 0 Å². The van der Waals surface area contributed by atoms with Crippen LogP contribution in [0.15, 0.2) is 0 Å². The summed E-state index contributed by atoms with van der Waals surface area (Å²) in [6.07, 6.45) is 4.66. The SMILES string of the molecule is COCCCC(CCCOC)OC. The summed E-state index contributed by atoms with van der Waals surface area (Å²) in [6.45, 7) is 1.65. The van der Waals surface area contributed by atoms with Crippen LogP contribution in [0, 0.1) is 0 Å². The first kappa shape index (κ1) is 12.9. The van der Waals surface area contributed by atoms with Gasteiger partial charge in [0.25, 0.3) is 0 Å². The molecule has 0 amide bonds. The van der Waals surface area contributed by atoms with Crippen molar-refractivity contribution in [1.82, 2.24) is 0 Å². The maximum atomic E-state index is 5.33. The van der Waals surface area contributed by atoms with E-state index in [9.17, 15) is 0 Å². The minimum Gasteiger partial charge on any atom is -0.385 e. The normalized spacial score (nSPS) is 11.1. The van der Waals surface area contributed by atoms with Gasteiger partial charge in [0.15, 0.2) is 0 Å². The average Bonchev–Trinajstić information content (AvgIpc) is 2.16. The molecule has 0 saturated carbocycles. The first-order chi connectivity index (χ1) is 6.35. The zero-order chi connectivity index (χ0) is 9.94. The number of ether oxygens (including phenoxy) is 3. The Bertz CT molecular complexity index is 86.2. The van der Waals surface area contributed by atoms with Gasteiger partial charge < -0.3 is 14.2 Å².